The molecular formula is C7H15N2O2. The molecule has 0 heterocycles. The Hall–Kier alpha value is -0.160. The smallest absolute Gasteiger partial charge is 0.149 e. The molecule has 0 aromatic heterocycles. The Balaban J connectivity index is 2.05. The molecule has 0 saturated heterocycles. The van der Waals surface area contributed by atoms with Crippen LogP contribution in [0.2, 0.25) is 0 Å². The first-order chi connectivity index (χ1) is 5.16. The van der Waals surface area contributed by atoms with E-state index in [1.807, 2.05) is 6.92 Å². The van der Waals surface area contributed by atoms with E-state index in [9.17, 15) is 5.11 Å². The molecule has 1 fully saturated rings. The third kappa shape index (κ3) is 3.16. The number of hydroxylamine groups is 1. The van der Waals surface area contributed by atoms with Crippen molar-refractivity contribution >= 4 is 0 Å². The second kappa shape index (κ2) is 3.49. The molecule has 65 valence electrons. The lowest BCUT2D eigenvalue weighted by atomic mass is 10.3. The highest BCUT2D eigenvalue weighted by molar-refractivity contribution is 4.88. The van der Waals surface area contributed by atoms with Crippen LogP contribution in [0.1, 0.15) is 32.6 Å². The molecule has 0 aliphatic heterocycles. The van der Waals surface area contributed by atoms with E-state index in [0.717, 1.165) is 18.0 Å². The van der Waals surface area contributed by atoms with Gasteiger partial charge >= 0.3 is 0 Å². The van der Waals surface area contributed by atoms with Gasteiger partial charge in [0.25, 0.3) is 0 Å². The maximum atomic E-state index is 9.23. The van der Waals surface area contributed by atoms with Gasteiger partial charge in [0.15, 0.2) is 0 Å². The normalized spacial score (nSPS) is 20.7. The Bertz CT molecular complexity index is 126. The van der Waals surface area contributed by atoms with Gasteiger partial charge in [-0.05, 0) is 19.3 Å². The summed E-state index contributed by atoms with van der Waals surface area (Å²) in [5.74, 6) is 0. The van der Waals surface area contributed by atoms with Crippen molar-refractivity contribution in [3.8, 4) is 0 Å². The summed E-state index contributed by atoms with van der Waals surface area (Å²) < 4.78 is 0. The lowest BCUT2D eigenvalue weighted by Gasteiger charge is -2.16. The Morgan fingerprint density at radius 3 is 2.64 bits per heavy atom. The van der Waals surface area contributed by atoms with E-state index in [2.05, 4.69) is 5.43 Å². The predicted molar refractivity (Wildman–Crippen MR) is 39.7 cm³/mol. The summed E-state index contributed by atoms with van der Waals surface area (Å²) in [6.45, 7) is 2.55. The van der Waals surface area contributed by atoms with Crippen LogP contribution in [0.4, 0.5) is 0 Å². The van der Waals surface area contributed by atoms with Gasteiger partial charge in [-0.15, -0.1) is 10.6 Å². The second-order valence-corrected chi connectivity index (χ2v) is 3.03. The predicted octanol–water partition coefficient (Wildman–Crippen LogP) is 0.479. The van der Waals surface area contributed by atoms with Crippen LogP contribution in [0, 0.1) is 0 Å². The summed E-state index contributed by atoms with van der Waals surface area (Å²) in [5.41, 5.74) is 2.77. The largest absolute Gasteiger partial charge is 0.373 e. The van der Waals surface area contributed by atoms with Crippen molar-refractivity contribution < 1.29 is 10.3 Å². The van der Waals surface area contributed by atoms with Crippen LogP contribution < -0.4 is 5.43 Å². The minimum absolute atomic E-state index is 0.513. The molecule has 1 saturated carbocycles. The third-order valence-corrected chi connectivity index (χ3v) is 1.71. The summed E-state index contributed by atoms with van der Waals surface area (Å²) in [5, 5.41) is 19.2. The van der Waals surface area contributed by atoms with Gasteiger partial charge in [0.05, 0.1) is 0 Å². The van der Waals surface area contributed by atoms with Gasteiger partial charge in [-0.1, -0.05) is 13.3 Å². The number of hydrogen-bond acceptors (Lipinski definition) is 3. The number of nitrogens with zero attached hydrogens (tertiary/aromatic N) is 2. The number of rotatable bonds is 5. The quantitative estimate of drug-likeness (QED) is 0.574. The third-order valence-electron chi connectivity index (χ3n) is 1.71. The molecule has 0 spiro atoms. The van der Waals surface area contributed by atoms with Gasteiger partial charge in [-0.2, -0.15) is 0 Å². The zero-order chi connectivity index (χ0) is 8.32. The minimum atomic E-state index is -0.928. The lowest BCUT2D eigenvalue weighted by molar-refractivity contribution is -0.182. The fourth-order valence-corrected chi connectivity index (χ4v) is 0.776. The molecule has 1 aliphatic carbocycles. The second-order valence-electron chi connectivity index (χ2n) is 3.03. The number of unbranched alkanes of at least 4 members (excludes halogenated alkanes) is 1. The van der Waals surface area contributed by atoms with Crippen LogP contribution in [0.25, 0.3) is 0 Å². The van der Waals surface area contributed by atoms with E-state index in [0.29, 0.717) is 19.4 Å². The van der Waals surface area contributed by atoms with Crippen LogP contribution in [-0.4, -0.2) is 27.8 Å². The first-order valence-electron chi connectivity index (χ1n) is 4.08. The average molecular weight is 159 g/mol. The number of hydrogen-bond donors (Lipinski definition) is 2. The molecule has 2 N–H and O–H groups in total. The first-order valence-corrected chi connectivity index (χ1v) is 4.08. The summed E-state index contributed by atoms with van der Waals surface area (Å²) in [6.07, 6.45) is 3.27. The Morgan fingerprint density at radius 1 is 1.55 bits per heavy atom. The molecule has 1 radical (unpaired) electrons. The van der Waals surface area contributed by atoms with Gasteiger partial charge in [0.1, 0.15) is 5.72 Å². The molecule has 0 unspecified atom stereocenters. The van der Waals surface area contributed by atoms with E-state index >= 15 is 0 Å². The van der Waals surface area contributed by atoms with E-state index in [4.69, 9.17) is 5.21 Å². The van der Waals surface area contributed by atoms with Gasteiger partial charge in [-0.25, -0.2) is 0 Å². The van der Waals surface area contributed by atoms with Crippen molar-refractivity contribution in [1.29, 1.82) is 0 Å². The van der Waals surface area contributed by atoms with E-state index in [-0.39, 0.29) is 0 Å². The molecule has 0 aromatic carbocycles. The SMILES string of the molecule is CCCCN(O)[N]C1(O)CC1. The summed E-state index contributed by atoms with van der Waals surface area (Å²) in [4.78, 5) is 0. The average Bonchev–Trinajstić information content (AvgIpc) is 2.63. The lowest BCUT2D eigenvalue weighted by Crippen LogP contribution is -2.38. The Labute approximate surface area is 66.7 Å². The highest BCUT2D eigenvalue weighted by Crippen LogP contribution is 2.33. The van der Waals surface area contributed by atoms with Crippen molar-refractivity contribution in [1.82, 2.24) is 10.6 Å². The fourth-order valence-electron chi connectivity index (χ4n) is 0.776. The van der Waals surface area contributed by atoms with Crippen LogP contribution >= 0.6 is 0 Å². The first kappa shape index (κ1) is 8.93. The van der Waals surface area contributed by atoms with Crippen molar-refractivity contribution in [3.63, 3.8) is 0 Å². The topological polar surface area (TPSA) is 57.8 Å². The van der Waals surface area contributed by atoms with Crippen molar-refractivity contribution in [3.05, 3.63) is 0 Å². The molecule has 0 bridgehead atoms. The minimum Gasteiger partial charge on any atom is -0.373 e. The van der Waals surface area contributed by atoms with Gasteiger partial charge in [0.2, 0.25) is 0 Å². The van der Waals surface area contributed by atoms with Crippen LogP contribution in [0.5, 0.6) is 0 Å². The highest BCUT2D eigenvalue weighted by atomic mass is 16.5. The zero-order valence-corrected chi connectivity index (χ0v) is 6.82. The van der Waals surface area contributed by atoms with E-state index in [1.54, 1.807) is 0 Å². The van der Waals surface area contributed by atoms with Crippen molar-refractivity contribution in [2.45, 2.75) is 38.3 Å². The summed E-state index contributed by atoms with van der Waals surface area (Å²) >= 11 is 0. The van der Waals surface area contributed by atoms with Crippen LogP contribution in [0.3, 0.4) is 0 Å². The van der Waals surface area contributed by atoms with Gasteiger partial charge in [-0.3, -0.25) is 5.21 Å². The molecule has 0 amide bonds. The maximum absolute atomic E-state index is 9.23. The highest BCUT2D eigenvalue weighted by Gasteiger charge is 2.43. The van der Waals surface area contributed by atoms with E-state index < -0.39 is 5.72 Å². The zero-order valence-electron chi connectivity index (χ0n) is 6.82. The Morgan fingerprint density at radius 2 is 2.18 bits per heavy atom. The molecule has 11 heavy (non-hydrogen) atoms. The van der Waals surface area contributed by atoms with E-state index in [1.165, 1.54) is 0 Å². The molecule has 1 aliphatic rings. The van der Waals surface area contributed by atoms with Crippen LogP contribution in [-0.2, 0) is 0 Å². The molecule has 4 heteroatoms. The molecule has 1 rings (SSSR count). The molecular weight excluding hydrogens is 144 g/mol. The van der Waals surface area contributed by atoms with Crippen LogP contribution in [0.15, 0.2) is 0 Å². The maximum Gasteiger partial charge on any atom is 0.149 e. The standard InChI is InChI=1S/C7H15N2O2/c1-2-3-6-9(11)8-7(10)4-5-7/h10-11H,2-6H2,1H3. The number of aliphatic hydroxyl groups is 1. The molecule has 0 aromatic rings. The summed E-state index contributed by atoms with van der Waals surface area (Å²) in [7, 11) is 0. The van der Waals surface area contributed by atoms with Crippen molar-refractivity contribution in [2.24, 2.45) is 0 Å². The molecule has 0 atom stereocenters. The van der Waals surface area contributed by atoms with Crippen molar-refractivity contribution in [2.75, 3.05) is 6.54 Å². The van der Waals surface area contributed by atoms with Gasteiger partial charge < -0.3 is 5.11 Å². The monoisotopic (exact) mass is 159 g/mol. The Kier molecular flexibility index (Phi) is 2.84. The molecule has 4 nitrogen and oxygen atoms in total. The van der Waals surface area contributed by atoms with Gasteiger partial charge in [0, 0.05) is 6.54 Å². The fraction of sp³-hybridized carbons (Fsp3) is 1.00. The summed E-state index contributed by atoms with van der Waals surface area (Å²) in [6, 6.07) is 0.